The number of thioether (sulfide) groups is 1. The number of aromatic amines is 1. The zero-order valence-corrected chi connectivity index (χ0v) is 23.0. The van der Waals surface area contributed by atoms with E-state index in [1.54, 1.807) is 12.4 Å². The summed E-state index contributed by atoms with van der Waals surface area (Å²) in [5, 5.41) is 1.01. The number of carbonyl (C=O) groups excluding carboxylic acids is 1. The molecule has 0 amide bonds. The lowest BCUT2D eigenvalue weighted by molar-refractivity contribution is 0.122. The molecule has 1 saturated carbocycles. The predicted molar refractivity (Wildman–Crippen MR) is 146 cm³/mol. The lowest BCUT2D eigenvalue weighted by Crippen LogP contribution is -2.55. The van der Waals surface area contributed by atoms with Crippen molar-refractivity contribution in [2.45, 2.75) is 68.6 Å². The molecule has 4 heterocycles. The van der Waals surface area contributed by atoms with Crippen molar-refractivity contribution in [1.82, 2.24) is 24.5 Å². The predicted octanol–water partition coefficient (Wildman–Crippen LogP) is 4.20. The minimum absolute atomic E-state index is 0.175. The molecule has 10 heteroatoms. The zero-order valence-electron chi connectivity index (χ0n) is 21.3. The number of nitrogens with zero attached hydrogens (tertiary/aromatic N) is 4. The summed E-state index contributed by atoms with van der Waals surface area (Å²) in [6.07, 6.45) is 10.9. The Balaban J connectivity index is 1.31. The Hall–Kier alpha value is -2.23. The van der Waals surface area contributed by atoms with E-state index in [1.807, 2.05) is 51.0 Å². The third-order valence-electron chi connectivity index (χ3n) is 7.66. The molecule has 2 atom stereocenters. The minimum atomic E-state index is -1.06. The van der Waals surface area contributed by atoms with Crippen molar-refractivity contribution in [2.24, 2.45) is 10.4 Å². The number of aromatic nitrogens is 2. The lowest BCUT2D eigenvalue weighted by atomic mass is 9.74. The van der Waals surface area contributed by atoms with Gasteiger partial charge >= 0.3 is 0 Å². The summed E-state index contributed by atoms with van der Waals surface area (Å²) < 4.78 is 16.0. The van der Waals surface area contributed by atoms with Gasteiger partial charge in [0.15, 0.2) is 5.94 Å². The number of hydrogen-bond acceptors (Lipinski definition) is 8. The number of aliphatic imine (C=N–C) groups is 1. The maximum atomic E-state index is 12.8. The van der Waals surface area contributed by atoms with Crippen molar-refractivity contribution in [3.05, 3.63) is 41.3 Å². The number of likely N-dealkylation sites (N-methyl/N-ethyl adjacent to an activating group) is 1. The van der Waals surface area contributed by atoms with E-state index in [1.165, 1.54) is 24.6 Å². The van der Waals surface area contributed by atoms with Crippen LogP contribution < -0.4 is 4.72 Å². The summed E-state index contributed by atoms with van der Waals surface area (Å²) in [5.74, 6) is 2.94. The Kier molecular flexibility index (Phi) is 7.00. The fourth-order valence-corrected chi connectivity index (χ4v) is 7.54. The standard InChI is InChI=1S/C26H34N6O2S2/c1-25(2,3)36(34)30-22-6-5-9-26(22)10-14-32(15-11-26)24-29-16-21(19(17-33)31(24)4)35-20-8-13-28-23-18(20)7-12-27-23/h7-8,12-13,16,22,30H,5-6,9-11,14-15H2,1-4H3,(H,27,28)/t22-,36?/m1/s1. The summed E-state index contributed by atoms with van der Waals surface area (Å²) in [4.78, 5) is 30.2. The highest BCUT2D eigenvalue weighted by Crippen LogP contribution is 2.47. The monoisotopic (exact) mass is 526 g/mol. The second-order valence-electron chi connectivity index (χ2n) is 10.9. The maximum Gasteiger partial charge on any atom is 0.206 e. The Morgan fingerprint density at radius 2 is 2.06 bits per heavy atom. The number of pyridine rings is 1. The van der Waals surface area contributed by atoms with Crippen LogP contribution in [0.15, 0.2) is 51.2 Å². The van der Waals surface area contributed by atoms with Gasteiger partial charge in [0.25, 0.3) is 0 Å². The summed E-state index contributed by atoms with van der Waals surface area (Å²) in [7, 11) is 1.89. The number of piperidine rings is 1. The minimum Gasteiger partial charge on any atom is -0.598 e. The molecule has 2 aromatic heterocycles. The average Bonchev–Trinajstić information content (AvgIpc) is 3.48. The molecule has 5 rings (SSSR count). The molecular weight excluding hydrogens is 492 g/mol. The van der Waals surface area contributed by atoms with Gasteiger partial charge in [0.1, 0.15) is 16.1 Å². The highest BCUT2D eigenvalue weighted by molar-refractivity contribution is 8.03. The quantitative estimate of drug-likeness (QED) is 0.455. The van der Waals surface area contributed by atoms with Gasteiger partial charge in [-0.25, -0.2) is 14.8 Å². The van der Waals surface area contributed by atoms with Crippen LogP contribution in [0, 0.1) is 5.41 Å². The molecular formula is C26H34N6O2S2. The van der Waals surface area contributed by atoms with Gasteiger partial charge in [-0.05, 0) is 64.0 Å². The SMILES string of the molecule is CN1C(=C=O)C(Sc2ccnc3[nH]ccc23)=CN=C1N1CCC2(CCC[C@H]2N[S+]([O-])C(C)(C)C)CC1. The number of likely N-dealkylation sites (tertiary alicyclic amines) is 1. The van der Waals surface area contributed by atoms with E-state index in [0.29, 0.717) is 5.70 Å². The van der Waals surface area contributed by atoms with E-state index in [0.717, 1.165) is 59.1 Å². The van der Waals surface area contributed by atoms with Gasteiger partial charge in [-0.1, -0.05) is 18.2 Å². The molecule has 0 radical (unpaired) electrons. The van der Waals surface area contributed by atoms with Gasteiger partial charge in [-0.2, -0.15) is 0 Å². The molecule has 8 nitrogen and oxygen atoms in total. The van der Waals surface area contributed by atoms with Crippen LogP contribution in [0.2, 0.25) is 0 Å². The van der Waals surface area contributed by atoms with E-state index in [9.17, 15) is 9.35 Å². The second-order valence-corrected chi connectivity index (χ2v) is 14.0. The Morgan fingerprint density at radius 1 is 1.28 bits per heavy atom. The fraction of sp³-hybridized carbons (Fsp3) is 0.538. The third kappa shape index (κ3) is 4.73. The molecule has 1 aliphatic carbocycles. The van der Waals surface area contributed by atoms with Crippen molar-refractivity contribution >= 4 is 46.1 Å². The van der Waals surface area contributed by atoms with E-state index < -0.39 is 11.4 Å². The number of H-pyrrole nitrogens is 1. The number of nitrogens with one attached hydrogen (secondary N) is 2. The largest absolute Gasteiger partial charge is 0.598 e. The molecule has 2 fully saturated rings. The molecule has 3 aliphatic rings. The zero-order chi connectivity index (χ0) is 25.5. The summed E-state index contributed by atoms with van der Waals surface area (Å²) >= 11 is 0.439. The molecule has 1 spiro atoms. The molecule has 192 valence electrons. The molecule has 2 aromatic rings. The fourth-order valence-electron chi connectivity index (χ4n) is 5.54. The van der Waals surface area contributed by atoms with Crippen molar-refractivity contribution < 1.29 is 9.35 Å². The van der Waals surface area contributed by atoms with Crippen LogP contribution in [0.3, 0.4) is 0 Å². The summed E-state index contributed by atoms with van der Waals surface area (Å²) in [5.41, 5.74) is 1.49. The highest BCUT2D eigenvalue weighted by Gasteiger charge is 2.48. The Bertz CT molecular complexity index is 1230. The van der Waals surface area contributed by atoms with E-state index >= 15 is 0 Å². The van der Waals surface area contributed by atoms with Crippen molar-refractivity contribution in [2.75, 3.05) is 20.1 Å². The van der Waals surface area contributed by atoms with Crippen LogP contribution in [0.5, 0.6) is 0 Å². The first kappa shape index (κ1) is 25.4. The normalized spacial score (nSPS) is 23.1. The van der Waals surface area contributed by atoms with E-state index in [2.05, 4.69) is 25.5 Å². The molecule has 1 unspecified atom stereocenters. The van der Waals surface area contributed by atoms with Crippen LogP contribution in [0.1, 0.15) is 52.9 Å². The highest BCUT2D eigenvalue weighted by atomic mass is 32.2. The van der Waals surface area contributed by atoms with Gasteiger partial charge in [-0.15, -0.1) is 4.72 Å². The first-order chi connectivity index (χ1) is 17.2. The smallest absolute Gasteiger partial charge is 0.206 e. The molecule has 2 aliphatic heterocycles. The van der Waals surface area contributed by atoms with Crippen molar-refractivity contribution in [1.29, 1.82) is 0 Å². The van der Waals surface area contributed by atoms with Gasteiger partial charge in [-0.3, -0.25) is 0 Å². The molecule has 0 bridgehead atoms. The number of hydrogen-bond donors (Lipinski definition) is 2. The summed E-state index contributed by atoms with van der Waals surface area (Å²) in [6, 6.07) is 4.22. The van der Waals surface area contributed by atoms with Crippen LogP contribution in [0.4, 0.5) is 0 Å². The second kappa shape index (κ2) is 9.91. The van der Waals surface area contributed by atoms with E-state index in [-0.39, 0.29) is 16.2 Å². The van der Waals surface area contributed by atoms with Crippen LogP contribution >= 0.6 is 11.8 Å². The molecule has 2 N–H and O–H groups in total. The van der Waals surface area contributed by atoms with Crippen molar-refractivity contribution in [3.63, 3.8) is 0 Å². The Labute approximate surface area is 220 Å². The van der Waals surface area contributed by atoms with Gasteiger partial charge in [0.05, 0.1) is 10.9 Å². The summed E-state index contributed by atoms with van der Waals surface area (Å²) in [6.45, 7) is 7.78. The van der Waals surface area contributed by atoms with Crippen LogP contribution in [-0.4, -0.2) is 67.1 Å². The third-order valence-corrected chi connectivity index (χ3v) is 10.4. The number of fused-ring (bicyclic) bond motifs is 1. The van der Waals surface area contributed by atoms with Gasteiger partial charge < -0.3 is 19.3 Å². The first-order valence-electron chi connectivity index (χ1n) is 12.5. The maximum absolute atomic E-state index is 12.8. The van der Waals surface area contributed by atoms with Gasteiger partial charge in [0, 0.05) is 60.4 Å². The average molecular weight is 527 g/mol. The molecule has 1 saturated heterocycles. The number of rotatable bonds is 4. The topological polar surface area (TPSA) is 99.7 Å². The lowest BCUT2D eigenvalue weighted by Gasteiger charge is -2.45. The van der Waals surface area contributed by atoms with Gasteiger partial charge in [0.2, 0.25) is 5.96 Å². The molecule has 0 aromatic carbocycles. The van der Waals surface area contributed by atoms with Crippen LogP contribution in [0.25, 0.3) is 11.0 Å². The molecule has 36 heavy (non-hydrogen) atoms. The number of guanidine groups is 1. The first-order valence-corrected chi connectivity index (χ1v) is 14.5. The Morgan fingerprint density at radius 3 is 2.78 bits per heavy atom. The van der Waals surface area contributed by atoms with Crippen molar-refractivity contribution in [3.8, 4) is 0 Å². The van der Waals surface area contributed by atoms with E-state index in [4.69, 9.17) is 4.99 Å². The van der Waals surface area contributed by atoms with Crippen LogP contribution in [-0.2, 0) is 16.2 Å².